The standard InChI is InChI=1S/C16H22N4O2S/c1-3-4-10-17-14(21)9-11-20-15(18-19-16(20)23)12-5-7-13(22-2)8-6-12/h5-8H,3-4,9-11H2,1-2H3,(H,17,21)(H,19,23). The van der Waals surface area contributed by atoms with Gasteiger partial charge in [-0.2, -0.15) is 5.10 Å². The molecule has 0 aliphatic heterocycles. The Morgan fingerprint density at radius 3 is 2.78 bits per heavy atom. The van der Waals surface area contributed by atoms with Crippen LogP contribution in [0.25, 0.3) is 11.4 Å². The van der Waals surface area contributed by atoms with Gasteiger partial charge >= 0.3 is 0 Å². The molecule has 1 aromatic carbocycles. The molecule has 124 valence electrons. The van der Waals surface area contributed by atoms with Crippen molar-refractivity contribution in [2.24, 2.45) is 0 Å². The monoisotopic (exact) mass is 334 g/mol. The van der Waals surface area contributed by atoms with Crippen molar-refractivity contribution in [1.82, 2.24) is 20.1 Å². The second-order valence-electron chi connectivity index (χ2n) is 5.19. The maximum Gasteiger partial charge on any atom is 0.221 e. The Kier molecular flexibility index (Phi) is 6.34. The fourth-order valence-corrected chi connectivity index (χ4v) is 2.42. The molecule has 0 radical (unpaired) electrons. The molecule has 7 heteroatoms. The average Bonchev–Trinajstić information content (AvgIpc) is 2.94. The van der Waals surface area contributed by atoms with Gasteiger partial charge in [-0.1, -0.05) is 13.3 Å². The van der Waals surface area contributed by atoms with Crippen LogP contribution in [0.3, 0.4) is 0 Å². The lowest BCUT2D eigenvalue weighted by Gasteiger charge is -2.08. The minimum absolute atomic E-state index is 0.0298. The summed E-state index contributed by atoms with van der Waals surface area (Å²) < 4.78 is 7.51. The summed E-state index contributed by atoms with van der Waals surface area (Å²) in [6, 6.07) is 7.58. The third kappa shape index (κ3) is 4.66. The normalized spacial score (nSPS) is 10.5. The van der Waals surface area contributed by atoms with E-state index in [4.69, 9.17) is 17.0 Å². The van der Waals surface area contributed by atoms with E-state index < -0.39 is 0 Å². The summed E-state index contributed by atoms with van der Waals surface area (Å²) in [6.45, 7) is 3.31. The zero-order chi connectivity index (χ0) is 16.7. The Hall–Kier alpha value is -2.15. The predicted molar refractivity (Wildman–Crippen MR) is 91.9 cm³/mol. The van der Waals surface area contributed by atoms with Crippen LogP contribution in [0.15, 0.2) is 24.3 Å². The van der Waals surface area contributed by atoms with Crippen molar-refractivity contribution in [2.45, 2.75) is 32.7 Å². The molecule has 1 aromatic heterocycles. The molecule has 2 N–H and O–H groups in total. The molecule has 0 aliphatic rings. The van der Waals surface area contributed by atoms with Gasteiger partial charge in [0.2, 0.25) is 5.91 Å². The summed E-state index contributed by atoms with van der Waals surface area (Å²) >= 11 is 5.27. The number of H-pyrrole nitrogens is 1. The molecule has 0 atom stereocenters. The number of hydrogen-bond acceptors (Lipinski definition) is 4. The zero-order valence-corrected chi connectivity index (χ0v) is 14.3. The van der Waals surface area contributed by atoms with Crippen LogP contribution in [0.1, 0.15) is 26.2 Å². The number of amides is 1. The molecule has 0 bridgehead atoms. The third-order valence-corrected chi connectivity index (χ3v) is 3.83. The van der Waals surface area contributed by atoms with E-state index in [0.29, 0.717) is 17.7 Å². The first-order valence-corrected chi connectivity index (χ1v) is 8.13. The second-order valence-corrected chi connectivity index (χ2v) is 5.57. The smallest absolute Gasteiger partial charge is 0.221 e. The van der Waals surface area contributed by atoms with E-state index in [-0.39, 0.29) is 5.91 Å². The van der Waals surface area contributed by atoms with Crippen LogP contribution in [0.4, 0.5) is 0 Å². The summed E-state index contributed by atoms with van der Waals surface area (Å²) in [6.07, 6.45) is 2.43. The molecule has 6 nitrogen and oxygen atoms in total. The van der Waals surface area contributed by atoms with Crippen molar-refractivity contribution in [2.75, 3.05) is 13.7 Å². The fraction of sp³-hybridized carbons (Fsp3) is 0.438. The summed E-state index contributed by atoms with van der Waals surface area (Å²) in [4.78, 5) is 11.9. The molecule has 1 amide bonds. The molecule has 2 aromatic rings. The molecule has 2 rings (SSSR count). The van der Waals surface area contributed by atoms with Crippen molar-refractivity contribution >= 4 is 18.1 Å². The van der Waals surface area contributed by atoms with E-state index >= 15 is 0 Å². The number of methoxy groups -OCH3 is 1. The molecule has 0 fully saturated rings. The predicted octanol–water partition coefficient (Wildman–Crippen LogP) is 2.92. The maximum atomic E-state index is 11.9. The van der Waals surface area contributed by atoms with Gasteiger partial charge in [-0.05, 0) is 42.9 Å². The van der Waals surface area contributed by atoms with Crippen LogP contribution in [0.2, 0.25) is 0 Å². The number of carbonyl (C=O) groups is 1. The topological polar surface area (TPSA) is 71.9 Å². The van der Waals surface area contributed by atoms with Gasteiger partial charge in [0.25, 0.3) is 0 Å². The minimum Gasteiger partial charge on any atom is -0.497 e. The van der Waals surface area contributed by atoms with Crippen LogP contribution >= 0.6 is 12.2 Å². The molecular weight excluding hydrogens is 312 g/mol. The average molecular weight is 334 g/mol. The molecule has 23 heavy (non-hydrogen) atoms. The Bertz CT molecular complexity index is 691. The Morgan fingerprint density at radius 1 is 1.39 bits per heavy atom. The van der Waals surface area contributed by atoms with Crippen LogP contribution in [-0.2, 0) is 11.3 Å². The number of aromatic nitrogens is 3. The van der Waals surface area contributed by atoms with Gasteiger partial charge < -0.3 is 10.1 Å². The number of rotatable bonds is 8. The Labute approximate surface area is 140 Å². The maximum absolute atomic E-state index is 11.9. The van der Waals surface area contributed by atoms with Gasteiger partial charge in [-0.3, -0.25) is 14.5 Å². The van der Waals surface area contributed by atoms with Gasteiger partial charge in [0.1, 0.15) is 5.75 Å². The van der Waals surface area contributed by atoms with Crippen LogP contribution in [-0.4, -0.2) is 34.3 Å². The Balaban J connectivity index is 2.06. The second kappa shape index (κ2) is 8.47. The molecule has 0 saturated heterocycles. The first kappa shape index (κ1) is 17.2. The van der Waals surface area contributed by atoms with Gasteiger partial charge in [-0.25, -0.2) is 0 Å². The quantitative estimate of drug-likeness (QED) is 0.575. The van der Waals surface area contributed by atoms with Crippen molar-refractivity contribution in [3.63, 3.8) is 0 Å². The van der Waals surface area contributed by atoms with Gasteiger partial charge in [0.05, 0.1) is 7.11 Å². The van der Waals surface area contributed by atoms with Crippen molar-refractivity contribution in [3.8, 4) is 17.1 Å². The number of benzene rings is 1. The van der Waals surface area contributed by atoms with Crippen LogP contribution < -0.4 is 10.1 Å². The number of unbranched alkanes of at least 4 members (excludes halogenated alkanes) is 1. The van der Waals surface area contributed by atoms with Crippen molar-refractivity contribution < 1.29 is 9.53 Å². The number of carbonyl (C=O) groups excluding carboxylic acids is 1. The van der Waals surface area contributed by atoms with Gasteiger partial charge in [0, 0.05) is 25.1 Å². The Morgan fingerprint density at radius 2 is 2.13 bits per heavy atom. The minimum atomic E-state index is 0.0298. The lowest BCUT2D eigenvalue weighted by atomic mass is 10.2. The van der Waals surface area contributed by atoms with Gasteiger partial charge in [0.15, 0.2) is 10.6 Å². The van der Waals surface area contributed by atoms with Crippen LogP contribution in [0.5, 0.6) is 5.75 Å². The number of nitrogens with zero attached hydrogens (tertiary/aromatic N) is 2. The first-order chi connectivity index (χ1) is 11.2. The molecule has 0 spiro atoms. The molecule has 0 saturated carbocycles. The van der Waals surface area contributed by atoms with E-state index in [1.165, 1.54) is 0 Å². The molecule has 0 aliphatic carbocycles. The van der Waals surface area contributed by atoms with E-state index in [1.54, 1.807) is 7.11 Å². The summed E-state index contributed by atoms with van der Waals surface area (Å²) in [5.74, 6) is 1.53. The lowest BCUT2D eigenvalue weighted by Crippen LogP contribution is -2.25. The van der Waals surface area contributed by atoms with Gasteiger partial charge in [-0.15, -0.1) is 0 Å². The summed E-state index contributed by atoms with van der Waals surface area (Å²) in [7, 11) is 1.63. The van der Waals surface area contributed by atoms with E-state index in [9.17, 15) is 4.79 Å². The van der Waals surface area contributed by atoms with E-state index in [2.05, 4.69) is 22.4 Å². The third-order valence-electron chi connectivity index (χ3n) is 3.52. The van der Waals surface area contributed by atoms with Crippen molar-refractivity contribution in [1.29, 1.82) is 0 Å². The SMILES string of the molecule is CCCCNC(=O)CCn1c(-c2ccc(OC)cc2)n[nH]c1=S. The fourth-order valence-electron chi connectivity index (χ4n) is 2.19. The number of aromatic amines is 1. The molecule has 1 heterocycles. The highest BCUT2D eigenvalue weighted by Gasteiger charge is 2.10. The molecule has 0 unspecified atom stereocenters. The number of hydrogen-bond donors (Lipinski definition) is 2. The highest BCUT2D eigenvalue weighted by Crippen LogP contribution is 2.21. The summed E-state index contributed by atoms with van der Waals surface area (Å²) in [5, 5.41) is 9.97. The number of ether oxygens (including phenoxy) is 1. The highest BCUT2D eigenvalue weighted by atomic mass is 32.1. The first-order valence-electron chi connectivity index (χ1n) is 7.72. The van der Waals surface area contributed by atoms with Crippen molar-refractivity contribution in [3.05, 3.63) is 29.0 Å². The highest BCUT2D eigenvalue weighted by molar-refractivity contribution is 7.71. The van der Waals surface area contributed by atoms with E-state index in [1.807, 2.05) is 28.8 Å². The van der Waals surface area contributed by atoms with Crippen LogP contribution in [0, 0.1) is 4.77 Å². The number of nitrogens with one attached hydrogen (secondary N) is 2. The largest absolute Gasteiger partial charge is 0.497 e. The van der Waals surface area contributed by atoms with E-state index in [0.717, 1.165) is 36.5 Å². The zero-order valence-electron chi connectivity index (χ0n) is 13.5. The molecular formula is C16H22N4O2S. The lowest BCUT2D eigenvalue weighted by molar-refractivity contribution is -0.121. The summed E-state index contributed by atoms with van der Waals surface area (Å²) in [5.41, 5.74) is 0.921.